The van der Waals surface area contributed by atoms with E-state index in [1.807, 2.05) is 34.9 Å². The van der Waals surface area contributed by atoms with Gasteiger partial charge >= 0.3 is 5.69 Å². The quantitative estimate of drug-likeness (QED) is 0.429. The van der Waals surface area contributed by atoms with Crippen molar-refractivity contribution in [1.82, 2.24) is 24.1 Å². The SMILES string of the molecule is O=c1n(CCc2ccccc2)c2sc3c(c2c2nc(-c4ccncc4)nn12)CCCC3. The van der Waals surface area contributed by atoms with E-state index in [-0.39, 0.29) is 5.69 Å². The molecule has 0 saturated heterocycles. The molecule has 6 rings (SSSR count). The van der Waals surface area contributed by atoms with Crippen LogP contribution in [0.25, 0.3) is 27.3 Å². The van der Waals surface area contributed by atoms with Gasteiger partial charge in [0.25, 0.3) is 0 Å². The lowest BCUT2D eigenvalue weighted by molar-refractivity contribution is 0.654. The highest BCUT2D eigenvalue weighted by molar-refractivity contribution is 7.19. The van der Waals surface area contributed by atoms with Crippen molar-refractivity contribution in [2.24, 2.45) is 0 Å². The minimum Gasteiger partial charge on any atom is -0.283 e. The van der Waals surface area contributed by atoms with Crippen molar-refractivity contribution in [1.29, 1.82) is 0 Å². The highest BCUT2D eigenvalue weighted by Gasteiger charge is 2.24. The van der Waals surface area contributed by atoms with Crippen LogP contribution in [0.3, 0.4) is 0 Å². The van der Waals surface area contributed by atoms with Crippen LogP contribution in [0.15, 0.2) is 59.7 Å². The molecular weight excluding hydrogens is 406 g/mol. The first kappa shape index (κ1) is 18.4. The Morgan fingerprint density at radius 3 is 2.65 bits per heavy atom. The number of pyridine rings is 1. The lowest BCUT2D eigenvalue weighted by Crippen LogP contribution is -2.28. The first-order chi connectivity index (χ1) is 15.3. The van der Waals surface area contributed by atoms with Crippen molar-refractivity contribution >= 4 is 27.2 Å². The van der Waals surface area contributed by atoms with Crippen molar-refractivity contribution in [3.05, 3.63) is 81.3 Å². The average molecular weight is 428 g/mol. The Hall–Kier alpha value is -3.32. The third kappa shape index (κ3) is 3.08. The fourth-order valence-electron chi connectivity index (χ4n) is 4.49. The summed E-state index contributed by atoms with van der Waals surface area (Å²) in [6.07, 6.45) is 8.76. The minimum atomic E-state index is -0.121. The Morgan fingerprint density at radius 1 is 1.00 bits per heavy atom. The second-order valence-electron chi connectivity index (χ2n) is 7.97. The number of nitrogens with zero attached hydrogens (tertiary/aromatic N) is 5. The summed E-state index contributed by atoms with van der Waals surface area (Å²) in [6.45, 7) is 0.624. The number of hydrogen-bond acceptors (Lipinski definition) is 5. The third-order valence-corrected chi connectivity index (χ3v) is 7.36. The number of aryl methyl sites for hydroxylation is 4. The number of thiophene rings is 1. The van der Waals surface area contributed by atoms with Crippen LogP contribution in [-0.4, -0.2) is 24.1 Å². The number of benzene rings is 1. The summed E-state index contributed by atoms with van der Waals surface area (Å²) in [5.41, 5.74) is 4.01. The van der Waals surface area contributed by atoms with Gasteiger partial charge in [0, 0.05) is 29.4 Å². The van der Waals surface area contributed by atoms with Crippen LogP contribution < -0.4 is 5.69 Å². The highest BCUT2D eigenvalue weighted by atomic mass is 32.1. The van der Waals surface area contributed by atoms with Gasteiger partial charge in [-0.05, 0) is 55.4 Å². The number of fused-ring (bicyclic) bond motifs is 5. The molecule has 154 valence electrons. The number of aromatic nitrogens is 5. The summed E-state index contributed by atoms with van der Waals surface area (Å²) < 4.78 is 3.41. The van der Waals surface area contributed by atoms with Gasteiger partial charge in [0.05, 0.1) is 5.39 Å². The van der Waals surface area contributed by atoms with Crippen LogP contribution in [0.4, 0.5) is 0 Å². The molecule has 0 unspecified atom stereocenters. The van der Waals surface area contributed by atoms with Crippen molar-refractivity contribution in [3.63, 3.8) is 0 Å². The van der Waals surface area contributed by atoms with Crippen LogP contribution in [0.5, 0.6) is 0 Å². The standard InChI is InChI=1S/C24H21N5OS/c30-24-28(15-12-16-6-2-1-3-7-16)23-20(18-8-4-5-9-19(18)31-23)22-26-21(27-29(22)24)17-10-13-25-14-11-17/h1-3,6-7,10-11,13-14H,4-5,8-9,12,15H2. The van der Waals surface area contributed by atoms with Crippen LogP contribution in [0, 0.1) is 0 Å². The van der Waals surface area contributed by atoms with Crippen LogP contribution in [0.2, 0.25) is 0 Å². The maximum absolute atomic E-state index is 13.5. The normalized spacial score (nSPS) is 13.7. The van der Waals surface area contributed by atoms with Crippen LogP contribution in [0.1, 0.15) is 28.8 Å². The van der Waals surface area contributed by atoms with Gasteiger partial charge in [-0.1, -0.05) is 30.3 Å². The zero-order valence-corrected chi connectivity index (χ0v) is 17.8. The molecule has 0 bridgehead atoms. The predicted molar refractivity (Wildman–Crippen MR) is 123 cm³/mol. The lowest BCUT2D eigenvalue weighted by atomic mass is 9.97. The molecule has 1 aliphatic carbocycles. The van der Waals surface area contributed by atoms with E-state index in [0.29, 0.717) is 18.0 Å². The topological polar surface area (TPSA) is 65.1 Å². The fourth-order valence-corrected chi connectivity index (χ4v) is 5.89. The molecule has 1 aliphatic rings. The molecule has 31 heavy (non-hydrogen) atoms. The Kier molecular flexibility index (Phi) is 4.42. The monoisotopic (exact) mass is 427 g/mol. The van der Waals surface area contributed by atoms with Gasteiger partial charge in [-0.3, -0.25) is 9.55 Å². The molecule has 0 atom stereocenters. The molecule has 0 amide bonds. The summed E-state index contributed by atoms with van der Waals surface area (Å²) in [5.74, 6) is 0.567. The number of rotatable bonds is 4. The van der Waals surface area contributed by atoms with Gasteiger partial charge in [-0.2, -0.15) is 4.52 Å². The number of hydrogen-bond donors (Lipinski definition) is 0. The third-order valence-electron chi connectivity index (χ3n) is 6.05. The zero-order valence-electron chi connectivity index (χ0n) is 17.0. The van der Waals surface area contributed by atoms with Gasteiger partial charge in [-0.15, -0.1) is 16.4 Å². The summed E-state index contributed by atoms with van der Waals surface area (Å²) in [5, 5.41) is 5.74. The van der Waals surface area contributed by atoms with E-state index < -0.39 is 0 Å². The highest BCUT2D eigenvalue weighted by Crippen LogP contribution is 2.38. The maximum Gasteiger partial charge on any atom is 0.351 e. The fraction of sp³-hybridized carbons (Fsp3) is 0.250. The Balaban J connectivity index is 1.58. The molecule has 0 fully saturated rings. The second kappa shape index (κ2) is 7.42. The lowest BCUT2D eigenvalue weighted by Gasteiger charge is -2.11. The van der Waals surface area contributed by atoms with E-state index >= 15 is 0 Å². The van der Waals surface area contributed by atoms with E-state index in [9.17, 15) is 4.79 Å². The van der Waals surface area contributed by atoms with Crippen molar-refractivity contribution < 1.29 is 0 Å². The average Bonchev–Trinajstić information content (AvgIpc) is 3.42. The Labute approximate surface area is 182 Å². The van der Waals surface area contributed by atoms with Crippen LogP contribution >= 0.6 is 11.3 Å². The molecule has 1 aromatic carbocycles. The molecule has 0 N–H and O–H groups in total. The van der Waals surface area contributed by atoms with Crippen molar-refractivity contribution in [2.45, 2.75) is 38.6 Å². The summed E-state index contributed by atoms with van der Waals surface area (Å²) in [7, 11) is 0. The summed E-state index contributed by atoms with van der Waals surface area (Å²) >= 11 is 1.77. The van der Waals surface area contributed by atoms with Crippen LogP contribution in [-0.2, 0) is 25.8 Å². The molecule has 0 aliphatic heterocycles. The molecule has 0 radical (unpaired) electrons. The van der Waals surface area contributed by atoms with E-state index in [1.165, 1.54) is 33.4 Å². The van der Waals surface area contributed by atoms with Gasteiger partial charge < -0.3 is 0 Å². The van der Waals surface area contributed by atoms with Gasteiger partial charge in [-0.25, -0.2) is 9.78 Å². The van der Waals surface area contributed by atoms with Gasteiger partial charge in [0.15, 0.2) is 11.5 Å². The molecule has 0 saturated carbocycles. The summed E-state index contributed by atoms with van der Waals surface area (Å²) in [4.78, 5) is 24.9. The molecule has 7 heteroatoms. The molecular formula is C24H21N5OS. The largest absolute Gasteiger partial charge is 0.351 e. The molecule has 6 nitrogen and oxygen atoms in total. The smallest absolute Gasteiger partial charge is 0.283 e. The van der Waals surface area contributed by atoms with E-state index in [0.717, 1.165) is 35.0 Å². The molecule has 0 spiro atoms. The first-order valence-corrected chi connectivity index (χ1v) is 11.5. The van der Waals surface area contributed by atoms with E-state index in [4.69, 9.17) is 4.98 Å². The minimum absolute atomic E-state index is 0.121. The van der Waals surface area contributed by atoms with Crippen molar-refractivity contribution in [2.75, 3.05) is 0 Å². The van der Waals surface area contributed by atoms with Crippen molar-refractivity contribution in [3.8, 4) is 11.4 Å². The zero-order chi connectivity index (χ0) is 20.8. The van der Waals surface area contributed by atoms with E-state index in [1.54, 1.807) is 23.7 Å². The Bertz CT molecular complexity index is 1450. The maximum atomic E-state index is 13.5. The van der Waals surface area contributed by atoms with Gasteiger partial charge in [0.2, 0.25) is 0 Å². The Morgan fingerprint density at radius 2 is 1.81 bits per heavy atom. The van der Waals surface area contributed by atoms with E-state index in [2.05, 4.69) is 22.2 Å². The predicted octanol–water partition coefficient (Wildman–Crippen LogP) is 4.29. The molecule has 5 aromatic rings. The summed E-state index contributed by atoms with van der Waals surface area (Å²) in [6, 6.07) is 14.1. The van der Waals surface area contributed by atoms with Gasteiger partial charge in [0.1, 0.15) is 4.83 Å². The second-order valence-corrected chi connectivity index (χ2v) is 9.05. The molecule has 4 heterocycles. The first-order valence-electron chi connectivity index (χ1n) is 10.7. The molecule has 4 aromatic heterocycles.